The first kappa shape index (κ1) is 18.6. The maximum Gasteiger partial charge on any atom is 0.162 e. The number of hydrogen-bond acceptors (Lipinski definition) is 6. The van der Waals surface area contributed by atoms with Crippen LogP contribution < -0.4 is 9.47 Å². The van der Waals surface area contributed by atoms with Crippen LogP contribution in [0.4, 0.5) is 0 Å². The van der Waals surface area contributed by atoms with Gasteiger partial charge in [-0.25, -0.2) is 23.3 Å². The Hall–Kier alpha value is -2.71. The minimum Gasteiger partial charge on any atom is -0.493 e. The van der Waals surface area contributed by atoms with Crippen molar-refractivity contribution in [3.8, 4) is 22.8 Å². The first-order valence-electron chi connectivity index (χ1n) is 8.88. The van der Waals surface area contributed by atoms with E-state index in [1.807, 2.05) is 12.1 Å². The van der Waals surface area contributed by atoms with Crippen molar-refractivity contribution in [2.75, 3.05) is 27.0 Å². The van der Waals surface area contributed by atoms with Crippen LogP contribution in [0.2, 0.25) is 0 Å². The van der Waals surface area contributed by atoms with Crippen molar-refractivity contribution in [2.45, 2.75) is 13.0 Å². The van der Waals surface area contributed by atoms with E-state index in [0.29, 0.717) is 24.6 Å². The van der Waals surface area contributed by atoms with Gasteiger partial charge in [0.05, 0.1) is 25.4 Å². The summed E-state index contributed by atoms with van der Waals surface area (Å²) in [6.07, 6.45) is 3.80. The summed E-state index contributed by atoms with van der Waals surface area (Å²) in [5.74, 6) is 1.24. The van der Waals surface area contributed by atoms with Crippen molar-refractivity contribution in [2.24, 2.45) is 0 Å². The second-order valence-corrected chi connectivity index (χ2v) is 8.97. The molecule has 0 spiro atoms. The highest BCUT2D eigenvalue weighted by Crippen LogP contribution is 2.36. The molecule has 1 N–H and O–H groups in total. The fraction of sp³-hybridized carbons (Fsp3) is 0.300. The smallest absolute Gasteiger partial charge is 0.162 e. The molecule has 0 saturated heterocycles. The minimum atomic E-state index is -2.72. The Bertz CT molecular complexity index is 1160. The van der Waals surface area contributed by atoms with Gasteiger partial charge < -0.3 is 9.47 Å². The highest BCUT2D eigenvalue weighted by Gasteiger charge is 2.22. The van der Waals surface area contributed by atoms with E-state index >= 15 is 0 Å². The van der Waals surface area contributed by atoms with Crippen LogP contribution in [0.3, 0.4) is 0 Å². The Morgan fingerprint density at radius 3 is 2.54 bits per heavy atom. The average molecular weight is 398 g/mol. The summed E-state index contributed by atoms with van der Waals surface area (Å²) < 4.78 is 32.6. The monoisotopic (exact) mass is 398 g/mol. The van der Waals surface area contributed by atoms with Crippen LogP contribution in [0.1, 0.15) is 11.1 Å². The zero-order chi connectivity index (χ0) is 19.9. The number of aromatic nitrogens is 2. The van der Waals surface area contributed by atoms with Gasteiger partial charge in [0.25, 0.3) is 0 Å². The molecule has 0 saturated carbocycles. The third-order valence-corrected chi connectivity index (χ3v) is 6.39. The first-order chi connectivity index (χ1) is 13.4. The van der Waals surface area contributed by atoms with Gasteiger partial charge in [-0.2, -0.15) is 0 Å². The number of nitrogens with one attached hydrogen (secondary N) is 1. The molecule has 0 fully saturated rings. The summed E-state index contributed by atoms with van der Waals surface area (Å²) in [6.45, 7) is 1.14. The van der Waals surface area contributed by atoms with Gasteiger partial charge in [-0.1, -0.05) is 12.1 Å². The standard InChI is InChI=1S/C20H22N4O3S/c1-26-18-9-16-17(10-19(18)27-2)22-12-23-20(16)14-5-4-13-6-7-24(28(3,21)25)11-15(13)8-14/h4-5,8-10,12,21H,6-7,11H2,1-3H3/t28-/m0/s1. The summed E-state index contributed by atoms with van der Waals surface area (Å²) in [5.41, 5.74) is 4.82. The predicted molar refractivity (Wildman–Crippen MR) is 109 cm³/mol. The molecule has 28 heavy (non-hydrogen) atoms. The molecule has 4 rings (SSSR count). The summed E-state index contributed by atoms with van der Waals surface area (Å²) in [7, 11) is 0.477. The molecule has 8 heteroatoms. The highest BCUT2D eigenvalue weighted by molar-refractivity contribution is 7.89. The number of rotatable bonds is 4. The molecule has 0 aliphatic carbocycles. The number of ether oxygens (including phenoxy) is 2. The van der Waals surface area contributed by atoms with E-state index in [-0.39, 0.29) is 0 Å². The maximum atomic E-state index is 12.2. The van der Waals surface area contributed by atoms with Crippen LogP contribution in [-0.2, 0) is 22.9 Å². The third-order valence-electron chi connectivity index (χ3n) is 5.09. The minimum absolute atomic E-state index is 0.502. The maximum absolute atomic E-state index is 12.2. The Labute approximate surface area is 164 Å². The first-order valence-corrected chi connectivity index (χ1v) is 10.8. The molecule has 0 amide bonds. The molecule has 0 bridgehead atoms. The van der Waals surface area contributed by atoms with E-state index < -0.39 is 9.92 Å². The number of fused-ring (bicyclic) bond motifs is 2. The molecule has 1 aliphatic heterocycles. The number of nitrogens with zero attached hydrogens (tertiary/aromatic N) is 3. The molecule has 1 atom stereocenters. The largest absolute Gasteiger partial charge is 0.493 e. The van der Waals surface area contributed by atoms with Crippen molar-refractivity contribution in [3.05, 3.63) is 47.8 Å². The third kappa shape index (κ3) is 3.29. The van der Waals surface area contributed by atoms with Gasteiger partial charge in [-0.05, 0) is 29.7 Å². The van der Waals surface area contributed by atoms with Gasteiger partial charge in [0.2, 0.25) is 0 Å². The fourth-order valence-corrected chi connectivity index (χ4v) is 4.41. The van der Waals surface area contributed by atoms with Crippen molar-refractivity contribution in [1.29, 1.82) is 4.78 Å². The van der Waals surface area contributed by atoms with Crippen LogP contribution in [0, 0.1) is 4.78 Å². The molecule has 7 nitrogen and oxygen atoms in total. The molecule has 2 aromatic carbocycles. The summed E-state index contributed by atoms with van der Waals surface area (Å²) in [5, 5.41) is 0.868. The van der Waals surface area contributed by atoms with E-state index in [0.717, 1.165) is 34.1 Å². The lowest BCUT2D eigenvalue weighted by atomic mass is 9.96. The Morgan fingerprint density at radius 2 is 1.82 bits per heavy atom. The topological polar surface area (TPSA) is 88.4 Å². The highest BCUT2D eigenvalue weighted by atomic mass is 32.2. The Balaban J connectivity index is 1.83. The number of methoxy groups -OCH3 is 2. The second-order valence-electron chi connectivity index (χ2n) is 6.85. The molecule has 3 aromatic rings. The predicted octanol–water partition coefficient (Wildman–Crippen LogP) is 3.26. The summed E-state index contributed by atoms with van der Waals surface area (Å²) >= 11 is 0. The van der Waals surface area contributed by atoms with Crippen molar-refractivity contribution in [3.63, 3.8) is 0 Å². The lowest BCUT2D eigenvalue weighted by Gasteiger charge is -2.28. The zero-order valence-electron chi connectivity index (χ0n) is 16.1. The quantitative estimate of drug-likeness (QED) is 0.729. The molecule has 1 aromatic heterocycles. The van der Waals surface area contributed by atoms with E-state index in [1.54, 1.807) is 18.5 Å². The van der Waals surface area contributed by atoms with Crippen LogP contribution in [-0.4, -0.2) is 45.5 Å². The van der Waals surface area contributed by atoms with E-state index in [1.165, 1.54) is 18.1 Å². The second kappa shape index (κ2) is 7.03. The average Bonchev–Trinajstić information content (AvgIpc) is 2.70. The molecular weight excluding hydrogens is 376 g/mol. The molecular formula is C20H22N4O3S. The number of benzene rings is 2. The van der Waals surface area contributed by atoms with Gasteiger partial charge in [0.1, 0.15) is 16.2 Å². The van der Waals surface area contributed by atoms with Crippen molar-refractivity contribution < 1.29 is 13.7 Å². The Morgan fingerprint density at radius 1 is 1.07 bits per heavy atom. The molecule has 0 radical (unpaired) electrons. The lowest BCUT2D eigenvalue weighted by Crippen LogP contribution is -2.34. The van der Waals surface area contributed by atoms with Crippen LogP contribution in [0.25, 0.3) is 22.2 Å². The van der Waals surface area contributed by atoms with Crippen molar-refractivity contribution in [1.82, 2.24) is 14.3 Å². The van der Waals surface area contributed by atoms with Gasteiger partial charge in [-0.15, -0.1) is 0 Å². The summed E-state index contributed by atoms with van der Waals surface area (Å²) in [6, 6.07) is 9.95. The van der Waals surface area contributed by atoms with Gasteiger partial charge in [0, 0.05) is 36.4 Å². The van der Waals surface area contributed by atoms with Crippen LogP contribution >= 0.6 is 0 Å². The van der Waals surface area contributed by atoms with E-state index in [4.69, 9.17) is 14.3 Å². The molecule has 0 unspecified atom stereocenters. The zero-order valence-corrected chi connectivity index (χ0v) is 16.9. The van der Waals surface area contributed by atoms with Crippen LogP contribution in [0.5, 0.6) is 11.5 Å². The van der Waals surface area contributed by atoms with Gasteiger partial charge >= 0.3 is 0 Å². The van der Waals surface area contributed by atoms with E-state index in [2.05, 4.69) is 28.2 Å². The van der Waals surface area contributed by atoms with Gasteiger partial charge in [-0.3, -0.25) is 0 Å². The normalized spacial score (nSPS) is 16.4. The molecule has 2 heterocycles. The SMILES string of the molecule is COc1cc2ncnc(-c3ccc4c(c3)CN([S@](C)(=N)=O)CC4)c2cc1OC. The summed E-state index contributed by atoms with van der Waals surface area (Å²) in [4.78, 5) is 8.88. The lowest BCUT2D eigenvalue weighted by molar-refractivity contribution is 0.356. The molecule has 146 valence electrons. The number of hydrogen-bond donors (Lipinski definition) is 1. The Kier molecular flexibility index (Phi) is 4.68. The fourth-order valence-electron chi connectivity index (χ4n) is 3.59. The van der Waals surface area contributed by atoms with Crippen molar-refractivity contribution >= 4 is 20.8 Å². The van der Waals surface area contributed by atoms with Crippen LogP contribution in [0.15, 0.2) is 36.7 Å². The van der Waals surface area contributed by atoms with E-state index in [9.17, 15) is 4.21 Å². The van der Waals surface area contributed by atoms with Gasteiger partial charge in [0.15, 0.2) is 11.5 Å². The molecule has 1 aliphatic rings.